The van der Waals surface area contributed by atoms with Crippen molar-refractivity contribution in [2.45, 2.75) is 44.8 Å². The van der Waals surface area contributed by atoms with Crippen LogP contribution < -0.4 is 5.32 Å². The summed E-state index contributed by atoms with van der Waals surface area (Å²) in [5.41, 5.74) is 2.05. The van der Waals surface area contributed by atoms with Gasteiger partial charge >= 0.3 is 0 Å². The van der Waals surface area contributed by atoms with E-state index < -0.39 is 0 Å². The van der Waals surface area contributed by atoms with Crippen LogP contribution in [0.3, 0.4) is 0 Å². The number of nitrogens with one attached hydrogen (secondary N) is 1. The van der Waals surface area contributed by atoms with E-state index in [0.717, 1.165) is 5.69 Å². The Morgan fingerprint density at radius 1 is 1.35 bits per heavy atom. The zero-order chi connectivity index (χ0) is 17.0. The highest BCUT2D eigenvalue weighted by atomic mass is 32.2. The lowest BCUT2D eigenvalue weighted by molar-refractivity contribution is -0.126. The number of thiocarbonyl (C=S) groups is 1. The van der Waals surface area contributed by atoms with E-state index in [0.29, 0.717) is 29.6 Å². The number of amides is 2. The Morgan fingerprint density at radius 3 is 2.52 bits per heavy atom. The van der Waals surface area contributed by atoms with E-state index in [2.05, 4.69) is 19.2 Å². The third kappa shape index (κ3) is 4.78. The molecule has 0 bridgehead atoms. The van der Waals surface area contributed by atoms with Crippen LogP contribution in [0.5, 0.6) is 0 Å². The number of benzene rings is 1. The number of carbonyl (C=O) groups excluding carboxylic acids is 2. The minimum Gasteiger partial charge on any atom is -0.326 e. The molecule has 1 atom stereocenters. The highest BCUT2D eigenvalue weighted by molar-refractivity contribution is 8.24. The van der Waals surface area contributed by atoms with Gasteiger partial charge in [0.05, 0.1) is 5.25 Å². The fourth-order valence-corrected chi connectivity index (χ4v) is 3.80. The van der Waals surface area contributed by atoms with E-state index in [1.807, 2.05) is 31.2 Å². The van der Waals surface area contributed by atoms with E-state index in [-0.39, 0.29) is 17.1 Å². The van der Waals surface area contributed by atoms with Crippen molar-refractivity contribution in [2.75, 3.05) is 11.9 Å². The number of nitrogens with zero attached hydrogens (tertiary/aromatic N) is 1. The van der Waals surface area contributed by atoms with Crippen LogP contribution in [0.2, 0.25) is 0 Å². The highest BCUT2D eigenvalue weighted by Gasteiger charge is 2.33. The number of anilines is 1. The molecule has 0 radical (unpaired) electrons. The molecule has 1 aromatic rings. The maximum Gasteiger partial charge on any atom is 0.241 e. The van der Waals surface area contributed by atoms with Gasteiger partial charge in [0.1, 0.15) is 4.32 Å². The summed E-state index contributed by atoms with van der Waals surface area (Å²) in [5.74, 6) is 0.479. The van der Waals surface area contributed by atoms with Gasteiger partial charge in [-0.3, -0.25) is 14.5 Å². The third-order valence-corrected chi connectivity index (χ3v) is 5.24. The molecule has 1 aliphatic heterocycles. The Hall–Kier alpha value is -1.40. The van der Waals surface area contributed by atoms with Crippen molar-refractivity contribution in [1.82, 2.24) is 4.90 Å². The van der Waals surface area contributed by atoms with Crippen LogP contribution >= 0.6 is 24.0 Å². The zero-order valence-corrected chi connectivity index (χ0v) is 15.3. The first-order valence-corrected chi connectivity index (χ1v) is 9.09. The van der Waals surface area contributed by atoms with Crippen molar-refractivity contribution in [3.8, 4) is 0 Å². The molecule has 6 heteroatoms. The van der Waals surface area contributed by atoms with Gasteiger partial charge in [-0.25, -0.2) is 0 Å². The minimum atomic E-state index is -0.101. The number of hydrogen-bond acceptors (Lipinski definition) is 4. The number of carbonyl (C=O) groups is 2. The molecule has 0 spiro atoms. The van der Waals surface area contributed by atoms with Gasteiger partial charge in [0.15, 0.2) is 0 Å². The second kappa shape index (κ2) is 7.93. The Morgan fingerprint density at radius 2 is 2.00 bits per heavy atom. The van der Waals surface area contributed by atoms with Crippen molar-refractivity contribution in [3.05, 3.63) is 29.8 Å². The van der Waals surface area contributed by atoms with Crippen LogP contribution in [0.15, 0.2) is 24.3 Å². The average molecular weight is 351 g/mol. The molecule has 2 rings (SSSR count). The van der Waals surface area contributed by atoms with Gasteiger partial charge in [-0.05, 0) is 37.0 Å². The van der Waals surface area contributed by atoms with Crippen LogP contribution in [-0.2, 0) is 9.59 Å². The molecule has 2 amide bonds. The Bertz CT molecular complexity index is 599. The number of rotatable bonds is 6. The summed E-state index contributed by atoms with van der Waals surface area (Å²) in [4.78, 5) is 25.5. The van der Waals surface area contributed by atoms with E-state index >= 15 is 0 Å². The van der Waals surface area contributed by atoms with Crippen molar-refractivity contribution < 1.29 is 9.59 Å². The summed E-state index contributed by atoms with van der Waals surface area (Å²) < 4.78 is 0.618. The molecular weight excluding hydrogens is 328 g/mol. The SMILES string of the molecule is CC1SC(=S)N(CCCC(=O)Nc2ccc(C(C)C)cc2)C1=O. The average Bonchev–Trinajstić information content (AvgIpc) is 2.74. The summed E-state index contributed by atoms with van der Waals surface area (Å²) >= 11 is 6.59. The van der Waals surface area contributed by atoms with Gasteiger partial charge in [-0.2, -0.15) is 0 Å². The van der Waals surface area contributed by atoms with Crippen molar-refractivity contribution >= 4 is 45.8 Å². The second-order valence-corrected chi connectivity index (χ2v) is 7.92. The van der Waals surface area contributed by atoms with Gasteiger partial charge in [0.2, 0.25) is 11.8 Å². The monoisotopic (exact) mass is 350 g/mol. The van der Waals surface area contributed by atoms with Crippen molar-refractivity contribution in [2.24, 2.45) is 0 Å². The fourth-order valence-electron chi connectivity index (χ4n) is 2.35. The molecule has 4 nitrogen and oxygen atoms in total. The molecule has 1 fully saturated rings. The van der Waals surface area contributed by atoms with E-state index in [1.165, 1.54) is 17.3 Å². The highest BCUT2D eigenvalue weighted by Crippen LogP contribution is 2.26. The number of thioether (sulfide) groups is 1. The second-order valence-electron chi connectivity index (χ2n) is 5.94. The summed E-state index contributed by atoms with van der Waals surface area (Å²) in [6.07, 6.45) is 0.979. The first kappa shape index (κ1) is 17.9. The molecular formula is C17H22N2O2S2. The molecule has 1 aromatic carbocycles. The van der Waals surface area contributed by atoms with Gasteiger partial charge in [0.25, 0.3) is 0 Å². The lowest BCUT2D eigenvalue weighted by atomic mass is 10.0. The van der Waals surface area contributed by atoms with Gasteiger partial charge in [-0.1, -0.05) is 50.0 Å². The molecule has 1 aliphatic rings. The first-order chi connectivity index (χ1) is 10.9. The first-order valence-electron chi connectivity index (χ1n) is 7.80. The Kier molecular flexibility index (Phi) is 6.18. The standard InChI is InChI=1S/C17H22N2O2S2/c1-11(2)13-6-8-14(9-7-13)18-15(20)5-4-10-19-16(21)12(3)23-17(19)22/h6-9,11-12H,4-5,10H2,1-3H3,(H,18,20). The van der Waals surface area contributed by atoms with Gasteiger partial charge in [0, 0.05) is 18.7 Å². The van der Waals surface area contributed by atoms with Crippen LogP contribution in [-0.4, -0.2) is 32.8 Å². The third-order valence-electron chi connectivity index (χ3n) is 3.76. The van der Waals surface area contributed by atoms with Crippen LogP contribution in [0.4, 0.5) is 5.69 Å². The molecule has 1 saturated heterocycles. The summed E-state index contributed by atoms with van der Waals surface area (Å²) in [6.45, 7) is 6.63. The Labute approximate surface area is 147 Å². The maximum absolute atomic E-state index is 12.0. The predicted molar refractivity (Wildman–Crippen MR) is 99.8 cm³/mol. The molecule has 23 heavy (non-hydrogen) atoms. The normalized spacial score (nSPS) is 17.9. The Balaban J connectivity index is 1.77. The summed E-state index contributed by atoms with van der Waals surface area (Å²) in [6, 6.07) is 7.90. The van der Waals surface area contributed by atoms with E-state index in [4.69, 9.17) is 12.2 Å². The van der Waals surface area contributed by atoms with Gasteiger partial charge < -0.3 is 5.32 Å². The van der Waals surface area contributed by atoms with Crippen LogP contribution in [0.1, 0.15) is 45.1 Å². The minimum absolute atomic E-state index is 0.0411. The molecule has 1 unspecified atom stereocenters. The van der Waals surface area contributed by atoms with E-state index in [1.54, 1.807) is 4.90 Å². The summed E-state index contributed by atoms with van der Waals surface area (Å²) in [5, 5.41) is 2.78. The van der Waals surface area contributed by atoms with Gasteiger partial charge in [-0.15, -0.1) is 0 Å². The lowest BCUT2D eigenvalue weighted by Gasteiger charge is -2.14. The van der Waals surface area contributed by atoms with Crippen molar-refractivity contribution in [1.29, 1.82) is 0 Å². The molecule has 1 N–H and O–H groups in total. The lowest BCUT2D eigenvalue weighted by Crippen LogP contribution is -2.32. The summed E-state index contributed by atoms with van der Waals surface area (Å²) in [7, 11) is 0. The maximum atomic E-state index is 12.0. The smallest absolute Gasteiger partial charge is 0.241 e. The fraction of sp³-hybridized carbons (Fsp3) is 0.471. The van der Waals surface area contributed by atoms with Crippen LogP contribution in [0, 0.1) is 0 Å². The molecule has 1 heterocycles. The zero-order valence-electron chi connectivity index (χ0n) is 13.7. The van der Waals surface area contributed by atoms with Crippen molar-refractivity contribution in [3.63, 3.8) is 0 Å². The van der Waals surface area contributed by atoms with Crippen LogP contribution in [0.25, 0.3) is 0 Å². The topological polar surface area (TPSA) is 49.4 Å². The molecule has 0 aliphatic carbocycles. The predicted octanol–water partition coefficient (Wildman–Crippen LogP) is 3.78. The molecule has 124 valence electrons. The number of hydrogen-bond donors (Lipinski definition) is 1. The molecule has 0 saturated carbocycles. The quantitative estimate of drug-likeness (QED) is 0.793. The molecule has 0 aromatic heterocycles. The van der Waals surface area contributed by atoms with E-state index in [9.17, 15) is 9.59 Å². The largest absolute Gasteiger partial charge is 0.326 e.